The number of carbonyl (C=O) groups excluding carboxylic acids is 1. The van der Waals surface area contributed by atoms with Gasteiger partial charge in [-0.1, -0.05) is 12.1 Å². The molecular weight excluding hydrogens is 211 g/mol. The van der Waals surface area contributed by atoms with Crippen molar-refractivity contribution in [1.29, 1.82) is 0 Å². The highest BCUT2D eigenvalue weighted by Crippen LogP contribution is 2.44. The molecule has 1 aromatic rings. The topological polar surface area (TPSA) is 46.5 Å². The molecule has 0 unspecified atom stereocenters. The van der Waals surface area contributed by atoms with Crippen LogP contribution < -0.4 is 0 Å². The number of benzene rings is 1. The Balaban J connectivity index is 2.34. The zero-order chi connectivity index (χ0) is 11.8. The molecular formula is C12H13FO3. The number of halogens is 1. The molecule has 4 heteroatoms. The largest absolute Gasteiger partial charge is 0.468 e. The third-order valence-electron chi connectivity index (χ3n) is 3.14. The van der Waals surface area contributed by atoms with Gasteiger partial charge in [0, 0.05) is 0 Å². The molecule has 0 amide bonds. The summed E-state index contributed by atoms with van der Waals surface area (Å²) < 4.78 is 17.5. The zero-order valence-corrected chi connectivity index (χ0v) is 8.94. The fourth-order valence-corrected chi connectivity index (χ4v) is 2.23. The fraction of sp³-hybridized carbons (Fsp3) is 0.417. The Morgan fingerprint density at radius 1 is 1.44 bits per heavy atom. The summed E-state index contributed by atoms with van der Waals surface area (Å²) in [5.74, 6) is -0.715. The van der Waals surface area contributed by atoms with Crippen molar-refractivity contribution in [2.75, 3.05) is 7.11 Å². The van der Waals surface area contributed by atoms with Gasteiger partial charge in [0.2, 0.25) is 0 Å². The second-order valence-electron chi connectivity index (χ2n) is 4.14. The first-order valence-electron chi connectivity index (χ1n) is 5.11. The summed E-state index contributed by atoms with van der Waals surface area (Å²) in [7, 11) is 1.32. The molecule has 0 aliphatic heterocycles. The van der Waals surface area contributed by atoms with Gasteiger partial charge in [-0.3, -0.25) is 4.79 Å². The molecule has 1 aliphatic carbocycles. The number of methoxy groups -OCH3 is 1. The molecule has 0 spiro atoms. The quantitative estimate of drug-likeness (QED) is 0.772. The van der Waals surface area contributed by atoms with E-state index >= 15 is 0 Å². The predicted octanol–water partition coefficient (Wildman–Crippen LogP) is 1.39. The summed E-state index contributed by atoms with van der Waals surface area (Å²) >= 11 is 0. The first kappa shape index (κ1) is 11.1. The maximum Gasteiger partial charge on any atom is 0.316 e. The minimum absolute atomic E-state index is 0.339. The van der Waals surface area contributed by atoms with Crippen molar-refractivity contribution in [3.63, 3.8) is 0 Å². The van der Waals surface area contributed by atoms with Gasteiger partial charge >= 0.3 is 5.97 Å². The summed E-state index contributed by atoms with van der Waals surface area (Å²) in [6, 6.07) is 5.76. The molecule has 0 aromatic heterocycles. The molecule has 16 heavy (non-hydrogen) atoms. The van der Waals surface area contributed by atoms with E-state index in [0.29, 0.717) is 18.4 Å². The Bertz CT molecular complexity index is 393. The molecule has 0 radical (unpaired) electrons. The standard InChI is InChI=1S/C12H13FO3/c1-16-11(15)12(6-10(14)7-12)8-2-4-9(13)5-3-8/h2-5,10,14H,6-7H2,1H3/t10-,12-. The minimum atomic E-state index is -0.790. The third-order valence-corrected chi connectivity index (χ3v) is 3.14. The van der Waals surface area contributed by atoms with Gasteiger partial charge in [0.1, 0.15) is 5.82 Å². The number of hydrogen-bond acceptors (Lipinski definition) is 3. The van der Waals surface area contributed by atoms with Gasteiger partial charge in [0.25, 0.3) is 0 Å². The van der Waals surface area contributed by atoms with Crippen LogP contribution in [0.5, 0.6) is 0 Å². The van der Waals surface area contributed by atoms with Crippen molar-refractivity contribution < 1.29 is 19.0 Å². The van der Waals surface area contributed by atoms with E-state index in [9.17, 15) is 14.3 Å². The molecule has 0 atom stereocenters. The van der Waals surface area contributed by atoms with Crippen molar-refractivity contribution in [3.05, 3.63) is 35.6 Å². The number of esters is 1. The van der Waals surface area contributed by atoms with Crippen molar-refractivity contribution in [3.8, 4) is 0 Å². The molecule has 0 heterocycles. The van der Waals surface area contributed by atoms with Gasteiger partial charge in [-0.05, 0) is 30.5 Å². The van der Waals surface area contributed by atoms with Crippen LogP contribution in [-0.2, 0) is 14.9 Å². The summed E-state index contributed by atoms with van der Waals surface area (Å²) in [5.41, 5.74) is -0.0898. The molecule has 86 valence electrons. The van der Waals surface area contributed by atoms with E-state index in [4.69, 9.17) is 4.74 Å². The Morgan fingerprint density at radius 2 is 2.00 bits per heavy atom. The lowest BCUT2D eigenvalue weighted by Gasteiger charge is -2.43. The Morgan fingerprint density at radius 3 is 2.44 bits per heavy atom. The summed E-state index contributed by atoms with van der Waals surface area (Å²) in [4.78, 5) is 11.7. The average molecular weight is 224 g/mol. The van der Waals surface area contributed by atoms with Crippen LogP contribution in [0.15, 0.2) is 24.3 Å². The maximum absolute atomic E-state index is 12.8. The molecule has 1 saturated carbocycles. The average Bonchev–Trinajstić information content (AvgIpc) is 2.25. The summed E-state index contributed by atoms with van der Waals surface area (Å²) in [6.45, 7) is 0. The van der Waals surface area contributed by atoms with Gasteiger partial charge in [0.05, 0.1) is 18.6 Å². The smallest absolute Gasteiger partial charge is 0.316 e. The van der Waals surface area contributed by atoms with Crippen LogP contribution in [0.25, 0.3) is 0 Å². The fourth-order valence-electron chi connectivity index (χ4n) is 2.23. The van der Waals surface area contributed by atoms with Crippen LogP contribution in [0.1, 0.15) is 18.4 Å². The van der Waals surface area contributed by atoms with Crippen LogP contribution in [-0.4, -0.2) is 24.3 Å². The van der Waals surface area contributed by atoms with Gasteiger partial charge in [-0.15, -0.1) is 0 Å². The monoisotopic (exact) mass is 224 g/mol. The van der Waals surface area contributed by atoms with Gasteiger partial charge in [-0.2, -0.15) is 0 Å². The number of aliphatic hydroxyl groups is 1. The van der Waals surface area contributed by atoms with Crippen molar-refractivity contribution in [2.45, 2.75) is 24.4 Å². The van der Waals surface area contributed by atoms with E-state index in [1.54, 1.807) is 12.1 Å². The molecule has 1 aliphatic rings. The third kappa shape index (κ3) is 1.59. The van der Waals surface area contributed by atoms with E-state index in [-0.39, 0.29) is 11.8 Å². The molecule has 1 fully saturated rings. The Hall–Kier alpha value is -1.42. The number of ether oxygens (including phenoxy) is 1. The summed E-state index contributed by atoms with van der Waals surface area (Å²) in [6.07, 6.45) is 0.195. The van der Waals surface area contributed by atoms with Crippen molar-refractivity contribution in [1.82, 2.24) is 0 Å². The zero-order valence-electron chi connectivity index (χ0n) is 8.94. The highest BCUT2D eigenvalue weighted by Gasteiger charge is 2.51. The highest BCUT2D eigenvalue weighted by molar-refractivity contribution is 5.84. The predicted molar refractivity (Wildman–Crippen MR) is 55.3 cm³/mol. The number of hydrogen-bond donors (Lipinski definition) is 1. The lowest BCUT2D eigenvalue weighted by Crippen LogP contribution is -2.51. The van der Waals surface area contributed by atoms with E-state index in [1.165, 1.54) is 19.2 Å². The lowest BCUT2D eigenvalue weighted by molar-refractivity contribution is -0.156. The van der Waals surface area contributed by atoms with Gasteiger partial charge in [-0.25, -0.2) is 4.39 Å². The molecule has 0 bridgehead atoms. The second-order valence-corrected chi connectivity index (χ2v) is 4.14. The molecule has 1 N–H and O–H groups in total. The van der Waals surface area contributed by atoms with Crippen LogP contribution >= 0.6 is 0 Å². The molecule has 3 nitrogen and oxygen atoms in total. The van der Waals surface area contributed by atoms with Crippen LogP contribution in [0.2, 0.25) is 0 Å². The first-order chi connectivity index (χ1) is 7.58. The van der Waals surface area contributed by atoms with Gasteiger partial charge < -0.3 is 9.84 Å². The molecule has 1 aromatic carbocycles. The Labute approximate surface area is 92.9 Å². The number of carbonyl (C=O) groups is 1. The SMILES string of the molecule is COC(=O)[C@]1(c2ccc(F)cc2)C[C@@H](O)C1. The molecule has 2 rings (SSSR count). The van der Waals surface area contributed by atoms with E-state index < -0.39 is 11.5 Å². The first-order valence-corrected chi connectivity index (χ1v) is 5.11. The Kier molecular flexibility index (Phi) is 2.68. The number of aliphatic hydroxyl groups excluding tert-OH is 1. The van der Waals surface area contributed by atoms with Crippen LogP contribution in [0.3, 0.4) is 0 Å². The van der Waals surface area contributed by atoms with E-state index in [0.717, 1.165) is 0 Å². The molecule has 0 saturated heterocycles. The second kappa shape index (κ2) is 3.87. The normalized spacial score (nSPS) is 28.3. The summed E-state index contributed by atoms with van der Waals surface area (Å²) in [5, 5.41) is 9.36. The lowest BCUT2D eigenvalue weighted by atomic mass is 9.62. The maximum atomic E-state index is 12.8. The number of rotatable bonds is 2. The van der Waals surface area contributed by atoms with Gasteiger partial charge in [0.15, 0.2) is 0 Å². The van der Waals surface area contributed by atoms with Crippen LogP contribution in [0, 0.1) is 5.82 Å². The van der Waals surface area contributed by atoms with E-state index in [1.807, 2.05) is 0 Å². The van der Waals surface area contributed by atoms with E-state index in [2.05, 4.69) is 0 Å². The minimum Gasteiger partial charge on any atom is -0.468 e. The van der Waals surface area contributed by atoms with Crippen LogP contribution in [0.4, 0.5) is 4.39 Å². The van der Waals surface area contributed by atoms with Crippen molar-refractivity contribution in [2.24, 2.45) is 0 Å². The highest BCUT2D eigenvalue weighted by atomic mass is 19.1. The van der Waals surface area contributed by atoms with Crippen molar-refractivity contribution >= 4 is 5.97 Å².